The summed E-state index contributed by atoms with van der Waals surface area (Å²) >= 11 is 5.58. The smallest absolute Gasteiger partial charge is 0.0605 e. The molecule has 1 saturated heterocycles. The number of alkyl halides is 1. The Morgan fingerprint density at radius 2 is 2.00 bits per heavy atom. The summed E-state index contributed by atoms with van der Waals surface area (Å²) in [6.45, 7) is 8.85. The first-order valence-electron chi connectivity index (χ1n) is 5.62. The van der Waals surface area contributed by atoms with E-state index in [1.807, 2.05) is 0 Å². The molecule has 1 heterocycles. The normalized spacial score (nSPS) is 20.6. The van der Waals surface area contributed by atoms with Crippen LogP contribution in [0.1, 0.15) is 26.7 Å². The van der Waals surface area contributed by atoms with Gasteiger partial charge in [-0.3, -0.25) is 0 Å². The second-order valence-electron chi connectivity index (χ2n) is 4.45. The van der Waals surface area contributed by atoms with Crippen LogP contribution in [-0.2, 0) is 4.74 Å². The van der Waals surface area contributed by atoms with E-state index in [9.17, 15) is 0 Å². The minimum atomic E-state index is 0.456. The standard InChI is InChI=1S/C11H22ClNO/c1-10(2)9-13-6-3-11(4-7-13)14-8-5-12/h10-11H,3-9H2,1-2H3. The molecule has 0 aromatic rings. The summed E-state index contributed by atoms with van der Waals surface area (Å²) in [5.41, 5.74) is 0. The van der Waals surface area contributed by atoms with Crippen molar-refractivity contribution in [3.8, 4) is 0 Å². The molecule has 0 N–H and O–H groups in total. The van der Waals surface area contributed by atoms with E-state index >= 15 is 0 Å². The summed E-state index contributed by atoms with van der Waals surface area (Å²) in [6, 6.07) is 0. The van der Waals surface area contributed by atoms with E-state index < -0.39 is 0 Å². The molecule has 0 saturated carbocycles. The van der Waals surface area contributed by atoms with Crippen LogP contribution in [0, 0.1) is 5.92 Å². The lowest BCUT2D eigenvalue weighted by atomic mass is 10.1. The molecule has 1 fully saturated rings. The van der Waals surface area contributed by atoms with E-state index in [4.69, 9.17) is 16.3 Å². The van der Waals surface area contributed by atoms with Gasteiger partial charge in [-0.2, -0.15) is 0 Å². The fourth-order valence-corrected chi connectivity index (χ4v) is 2.08. The molecular weight excluding hydrogens is 198 g/mol. The summed E-state index contributed by atoms with van der Waals surface area (Å²) in [6.07, 6.45) is 2.80. The van der Waals surface area contributed by atoms with Crippen LogP contribution < -0.4 is 0 Å². The van der Waals surface area contributed by atoms with Gasteiger partial charge in [-0.05, 0) is 18.8 Å². The van der Waals surface area contributed by atoms with Crippen molar-refractivity contribution in [2.75, 3.05) is 32.1 Å². The van der Waals surface area contributed by atoms with Crippen molar-refractivity contribution in [3.63, 3.8) is 0 Å². The Balaban J connectivity index is 2.11. The fraction of sp³-hybridized carbons (Fsp3) is 1.00. The molecule has 0 bridgehead atoms. The minimum absolute atomic E-state index is 0.456. The molecule has 2 nitrogen and oxygen atoms in total. The monoisotopic (exact) mass is 219 g/mol. The van der Waals surface area contributed by atoms with Crippen molar-refractivity contribution in [3.05, 3.63) is 0 Å². The van der Waals surface area contributed by atoms with Crippen molar-refractivity contribution < 1.29 is 4.74 Å². The van der Waals surface area contributed by atoms with Crippen LogP contribution in [0.3, 0.4) is 0 Å². The van der Waals surface area contributed by atoms with E-state index in [1.54, 1.807) is 0 Å². The summed E-state index contributed by atoms with van der Waals surface area (Å²) < 4.78 is 5.63. The lowest BCUT2D eigenvalue weighted by molar-refractivity contribution is 0.0130. The van der Waals surface area contributed by atoms with Crippen molar-refractivity contribution >= 4 is 11.6 Å². The van der Waals surface area contributed by atoms with Gasteiger partial charge >= 0.3 is 0 Å². The van der Waals surface area contributed by atoms with Gasteiger partial charge in [0, 0.05) is 25.5 Å². The summed E-state index contributed by atoms with van der Waals surface area (Å²) in [7, 11) is 0. The lowest BCUT2D eigenvalue weighted by Crippen LogP contribution is -2.39. The van der Waals surface area contributed by atoms with Crippen LogP contribution in [0.2, 0.25) is 0 Å². The van der Waals surface area contributed by atoms with Gasteiger partial charge in [0.15, 0.2) is 0 Å². The largest absolute Gasteiger partial charge is 0.377 e. The number of halogens is 1. The Hall–Kier alpha value is 0.210. The number of rotatable bonds is 5. The highest BCUT2D eigenvalue weighted by Gasteiger charge is 2.19. The van der Waals surface area contributed by atoms with E-state index in [-0.39, 0.29) is 0 Å². The van der Waals surface area contributed by atoms with E-state index in [0.717, 1.165) is 5.92 Å². The molecule has 14 heavy (non-hydrogen) atoms. The number of piperidine rings is 1. The van der Waals surface area contributed by atoms with Crippen LogP contribution in [-0.4, -0.2) is 43.1 Å². The lowest BCUT2D eigenvalue weighted by Gasteiger charge is -2.32. The maximum absolute atomic E-state index is 5.63. The van der Waals surface area contributed by atoms with E-state index in [0.29, 0.717) is 18.6 Å². The maximum Gasteiger partial charge on any atom is 0.0605 e. The molecule has 1 aliphatic rings. The highest BCUT2D eigenvalue weighted by Crippen LogP contribution is 2.14. The predicted octanol–water partition coefficient (Wildman–Crippen LogP) is 2.36. The number of hydrogen-bond acceptors (Lipinski definition) is 2. The van der Waals surface area contributed by atoms with Crippen LogP contribution in [0.5, 0.6) is 0 Å². The maximum atomic E-state index is 5.63. The first-order chi connectivity index (χ1) is 6.72. The van der Waals surface area contributed by atoms with E-state index in [2.05, 4.69) is 18.7 Å². The first kappa shape index (κ1) is 12.3. The van der Waals surface area contributed by atoms with Gasteiger partial charge < -0.3 is 9.64 Å². The highest BCUT2D eigenvalue weighted by atomic mass is 35.5. The zero-order valence-corrected chi connectivity index (χ0v) is 10.1. The molecule has 84 valence electrons. The minimum Gasteiger partial charge on any atom is -0.377 e. The Labute approximate surface area is 92.6 Å². The molecule has 0 aromatic carbocycles. The molecule has 0 aliphatic carbocycles. The zero-order chi connectivity index (χ0) is 10.4. The van der Waals surface area contributed by atoms with Crippen molar-refractivity contribution in [2.45, 2.75) is 32.8 Å². The van der Waals surface area contributed by atoms with Gasteiger partial charge in [0.2, 0.25) is 0 Å². The average Bonchev–Trinajstić information content (AvgIpc) is 2.16. The molecule has 0 aromatic heterocycles. The summed E-state index contributed by atoms with van der Waals surface area (Å²) in [5.74, 6) is 1.39. The number of likely N-dealkylation sites (tertiary alicyclic amines) is 1. The van der Waals surface area contributed by atoms with Gasteiger partial charge in [0.1, 0.15) is 0 Å². The Morgan fingerprint density at radius 3 is 2.50 bits per heavy atom. The summed E-state index contributed by atoms with van der Waals surface area (Å²) in [5, 5.41) is 0. The third-order valence-electron chi connectivity index (χ3n) is 2.59. The molecule has 1 aliphatic heterocycles. The number of nitrogens with zero attached hydrogens (tertiary/aromatic N) is 1. The Kier molecular flexibility index (Phi) is 5.83. The molecule has 0 spiro atoms. The van der Waals surface area contributed by atoms with Gasteiger partial charge in [-0.15, -0.1) is 11.6 Å². The third-order valence-corrected chi connectivity index (χ3v) is 2.74. The predicted molar refractivity (Wildman–Crippen MR) is 61.0 cm³/mol. The van der Waals surface area contributed by atoms with Gasteiger partial charge in [0.25, 0.3) is 0 Å². The quantitative estimate of drug-likeness (QED) is 0.659. The third kappa shape index (κ3) is 4.63. The van der Waals surface area contributed by atoms with E-state index in [1.165, 1.54) is 32.5 Å². The molecule has 3 heteroatoms. The Morgan fingerprint density at radius 1 is 1.36 bits per heavy atom. The van der Waals surface area contributed by atoms with Crippen molar-refractivity contribution in [1.29, 1.82) is 0 Å². The second kappa shape index (κ2) is 6.65. The van der Waals surface area contributed by atoms with Crippen LogP contribution in [0.4, 0.5) is 0 Å². The number of ether oxygens (including phenoxy) is 1. The average molecular weight is 220 g/mol. The molecule has 1 rings (SSSR count). The summed E-state index contributed by atoms with van der Waals surface area (Å²) in [4.78, 5) is 2.53. The number of hydrogen-bond donors (Lipinski definition) is 0. The molecular formula is C11H22ClNO. The van der Waals surface area contributed by atoms with Crippen LogP contribution in [0.15, 0.2) is 0 Å². The second-order valence-corrected chi connectivity index (χ2v) is 4.83. The first-order valence-corrected chi connectivity index (χ1v) is 6.15. The van der Waals surface area contributed by atoms with Crippen LogP contribution in [0.25, 0.3) is 0 Å². The zero-order valence-electron chi connectivity index (χ0n) is 9.34. The molecule has 0 radical (unpaired) electrons. The van der Waals surface area contributed by atoms with Crippen molar-refractivity contribution in [2.24, 2.45) is 5.92 Å². The fourth-order valence-electron chi connectivity index (χ4n) is 1.99. The van der Waals surface area contributed by atoms with Gasteiger partial charge in [0.05, 0.1) is 12.7 Å². The van der Waals surface area contributed by atoms with Gasteiger partial charge in [-0.1, -0.05) is 13.8 Å². The Bertz CT molecular complexity index is 144. The highest BCUT2D eigenvalue weighted by molar-refractivity contribution is 6.17. The molecule has 0 unspecified atom stereocenters. The van der Waals surface area contributed by atoms with Gasteiger partial charge in [-0.25, -0.2) is 0 Å². The van der Waals surface area contributed by atoms with Crippen molar-refractivity contribution in [1.82, 2.24) is 4.90 Å². The molecule has 0 atom stereocenters. The topological polar surface area (TPSA) is 12.5 Å². The SMILES string of the molecule is CC(C)CN1CCC(OCCCl)CC1. The molecule has 0 amide bonds. The van der Waals surface area contributed by atoms with Crippen LogP contribution >= 0.6 is 11.6 Å².